The third kappa shape index (κ3) is 3.85. The summed E-state index contributed by atoms with van der Waals surface area (Å²) in [6.45, 7) is 6.37. The van der Waals surface area contributed by atoms with Crippen LogP contribution in [-0.2, 0) is 4.79 Å². The van der Waals surface area contributed by atoms with Gasteiger partial charge in [-0.3, -0.25) is 9.89 Å². The summed E-state index contributed by atoms with van der Waals surface area (Å²) in [7, 11) is 0. The number of aromatic amines is 1. The van der Waals surface area contributed by atoms with E-state index in [0.29, 0.717) is 11.9 Å². The standard InChI is InChI=1S/C21H25N5O/c1-14(2)26-7-5-15(6-8-26)21(27)25-20-10-18-9-16(19-12-23-24-13-19)3-4-17(18)11-22-20/h3-4,9-15H,5-8H2,1-2H3,(H,23,24)(H,22,25,27). The topological polar surface area (TPSA) is 73.9 Å². The number of carbonyl (C=O) groups excluding carboxylic acids is 1. The Morgan fingerprint density at radius 2 is 1.96 bits per heavy atom. The normalized spacial score (nSPS) is 16.1. The second-order valence-electron chi connectivity index (χ2n) is 7.51. The van der Waals surface area contributed by atoms with E-state index in [2.05, 4.69) is 51.4 Å². The molecule has 0 bridgehead atoms. The number of anilines is 1. The molecule has 0 saturated carbocycles. The molecule has 0 aliphatic carbocycles. The number of hydrogen-bond acceptors (Lipinski definition) is 4. The molecule has 1 aliphatic heterocycles. The number of H-pyrrole nitrogens is 1. The summed E-state index contributed by atoms with van der Waals surface area (Å²) < 4.78 is 0. The molecule has 1 fully saturated rings. The van der Waals surface area contributed by atoms with Gasteiger partial charge >= 0.3 is 0 Å². The number of nitrogens with one attached hydrogen (secondary N) is 2. The number of pyridine rings is 1. The zero-order chi connectivity index (χ0) is 18.8. The lowest BCUT2D eigenvalue weighted by Gasteiger charge is -2.33. The average Bonchev–Trinajstić information content (AvgIpc) is 3.22. The molecule has 1 aliphatic rings. The van der Waals surface area contributed by atoms with Crippen LogP contribution in [0.1, 0.15) is 26.7 Å². The molecule has 1 saturated heterocycles. The maximum Gasteiger partial charge on any atom is 0.228 e. The van der Waals surface area contributed by atoms with Crippen molar-refractivity contribution < 1.29 is 4.79 Å². The molecule has 0 unspecified atom stereocenters. The lowest BCUT2D eigenvalue weighted by atomic mass is 9.95. The second-order valence-corrected chi connectivity index (χ2v) is 7.51. The molecular formula is C21H25N5O. The van der Waals surface area contributed by atoms with Gasteiger partial charge in [-0.05, 0) is 62.9 Å². The zero-order valence-electron chi connectivity index (χ0n) is 15.8. The molecule has 3 aromatic rings. The van der Waals surface area contributed by atoms with Gasteiger partial charge in [-0.25, -0.2) is 4.98 Å². The molecular weight excluding hydrogens is 338 g/mol. The number of carbonyl (C=O) groups is 1. The minimum Gasteiger partial charge on any atom is -0.310 e. The van der Waals surface area contributed by atoms with Crippen molar-refractivity contribution in [2.45, 2.75) is 32.7 Å². The third-order valence-corrected chi connectivity index (χ3v) is 5.44. The summed E-state index contributed by atoms with van der Waals surface area (Å²) in [6.07, 6.45) is 7.29. The lowest BCUT2D eigenvalue weighted by Crippen LogP contribution is -2.41. The van der Waals surface area contributed by atoms with Crippen LogP contribution in [0.2, 0.25) is 0 Å². The van der Waals surface area contributed by atoms with E-state index in [-0.39, 0.29) is 11.8 Å². The van der Waals surface area contributed by atoms with Gasteiger partial charge in [0, 0.05) is 35.3 Å². The number of amides is 1. The van der Waals surface area contributed by atoms with Crippen molar-refractivity contribution in [2.24, 2.45) is 5.92 Å². The van der Waals surface area contributed by atoms with E-state index >= 15 is 0 Å². The Hall–Kier alpha value is -2.73. The van der Waals surface area contributed by atoms with Crippen LogP contribution in [0.5, 0.6) is 0 Å². The number of hydrogen-bond donors (Lipinski definition) is 2. The largest absolute Gasteiger partial charge is 0.310 e. The Morgan fingerprint density at radius 1 is 1.15 bits per heavy atom. The summed E-state index contributed by atoms with van der Waals surface area (Å²) in [5.74, 6) is 0.758. The zero-order valence-corrected chi connectivity index (χ0v) is 15.8. The lowest BCUT2D eigenvalue weighted by molar-refractivity contribution is -0.121. The number of benzene rings is 1. The second kappa shape index (κ2) is 7.48. The van der Waals surface area contributed by atoms with E-state index in [4.69, 9.17) is 0 Å². The van der Waals surface area contributed by atoms with Gasteiger partial charge in [-0.1, -0.05) is 12.1 Å². The highest BCUT2D eigenvalue weighted by Crippen LogP contribution is 2.25. The van der Waals surface area contributed by atoms with Gasteiger partial charge in [-0.15, -0.1) is 0 Å². The summed E-state index contributed by atoms with van der Waals surface area (Å²) in [4.78, 5) is 19.5. The van der Waals surface area contributed by atoms with Crippen LogP contribution in [0.4, 0.5) is 5.82 Å². The van der Waals surface area contributed by atoms with Crippen LogP contribution in [-0.4, -0.2) is 45.1 Å². The first-order valence-electron chi connectivity index (χ1n) is 9.54. The Balaban J connectivity index is 1.48. The highest BCUT2D eigenvalue weighted by atomic mass is 16.1. The molecule has 1 amide bonds. The van der Waals surface area contributed by atoms with Gasteiger partial charge in [0.2, 0.25) is 5.91 Å². The molecule has 140 valence electrons. The van der Waals surface area contributed by atoms with Gasteiger partial charge in [0.15, 0.2) is 0 Å². The van der Waals surface area contributed by atoms with Crippen LogP contribution in [0.25, 0.3) is 21.9 Å². The number of nitrogens with zero attached hydrogens (tertiary/aromatic N) is 3. The Morgan fingerprint density at radius 3 is 2.67 bits per heavy atom. The molecule has 2 N–H and O–H groups in total. The minimum atomic E-state index is 0.0646. The Labute approximate surface area is 159 Å². The molecule has 3 heterocycles. The molecule has 1 aromatic carbocycles. The summed E-state index contributed by atoms with van der Waals surface area (Å²) in [5, 5.41) is 12.0. The molecule has 0 spiro atoms. The maximum atomic E-state index is 12.7. The molecule has 0 atom stereocenters. The first-order valence-corrected chi connectivity index (χ1v) is 9.54. The number of fused-ring (bicyclic) bond motifs is 1. The van der Waals surface area contributed by atoms with E-state index in [9.17, 15) is 4.79 Å². The molecule has 6 heteroatoms. The van der Waals surface area contributed by atoms with Gasteiger partial charge in [0.25, 0.3) is 0 Å². The average molecular weight is 363 g/mol. The fraction of sp³-hybridized carbons (Fsp3) is 0.381. The van der Waals surface area contributed by atoms with Crippen molar-refractivity contribution >= 4 is 22.5 Å². The summed E-state index contributed by atoms with van der Waals surface area (Å²) in [6, 6.07) is 8.67. The molecule has 4 rings (SSSR count). The Bertz CT molecular complexity index is 927. The van der Waals surface area contributed by atoms with E-state index in [0.717, 1.165) is 47.8 Å². The fourth-order valence-electron chi connectivity index (χ4n) is 3.70. The molecule has 2 aromatic heterocycles. The van der Waals surface area contributed by atoms with Crippen molar-refractivity contribution in [3.05, 3.63) is 42.9 Å². The number of rotatable bonds is 4. The number of aromatic nitrogens is 3. The van der Waals surface area contributed by atoms with Gasteiger partial charge < -0.3 is 10.2 Å². The quantitative estimate of drug-likeness (QED) is 0.741. The minimum absolute atomic E-state index is 0.0646. The van der Waals surface area contributed by atoms with E-state index < -0.39 is 0 Å². The van der Waals surface area contributed by atoms with Crippen LogP contribution in [0, 0.1) is 5.92 Å². The molecule has 0 radical (unpaired) electrons. The van der Waals surface area contributed by atoms with Gasteiger partial charge in [0.1, 0.15) is 5.82 Å². The van der Waals surface area contributed by atoms with Crippen LogP contribution < -0.4 is 5.32 Å². The third-order valence-electron chi connectivity index (χ3n) is 5.44. The predicted octanol–water partition coefficient (Wildman–Crippen LogP) is 3.68. The van der Waals surface area contributed by atoms with Crippen molar-refractivity contribution in [3.8, 4) is 11.1 Å². The first-order chi connectivity index (χ1) is 13.1. The summed E-state index contributed by atoms with van der Waals surface area (Å²) in [5.41, 5.74) is 2.12. The Kier molecular flexibility index (Phi) is 4.90. The van der Waals surface area contributed by atoms with Gasteiger partial charge in [0.05, 0.1) is 6.20 Å². The van der Waals surface area contributed by atoms with Gasteiger partial charge in [-0.2, -0.15) is 5.10 Å². The maximum absolute atomic E-state index is 12.7. The van der Waals surface area contributed by atoms with E-state index in [1.54, 1.807) is 6.20 Å². The smallest absolute Gasteiger partial charge is 0.228 e. The highest BCUT2D eigenvalue weighted by Gasteiger charge is 2.26. The highest BCUT2D eigenvalue weighted by molar-refractivity contribution is 5.95. The van der Waals surface area contributed by atoms with Crippen LogP contribution in [0.3, 0.4) is 0 Å². The van der Waals surface area contributed by atoms with Crippen molar-refractivity contribution in [1.29, 1.82) is 0 Å². The number of piperidine rings is 1. The monoisotopic (exact) mass is 363 g/mol. The van der Waals surface area contributed by atoms with Crippen molar-refractivity contribution in [2.75, 3.05) is 18.4 Å². The SMILES string of the molecule is CC(C)N1CCC(C(=O)Nc2cc3cc(-c4cn[nH]c4)ccc3cn2)CC1. The van der Waals surface area contributed by atoms with Crippen LogP contribution >= 0.6 is 0 Å². The predicted molar refractivity (Wildman–Crippen MR) is 107 cm³/mol. The van der Waals surface area contributed by atoms with E-state index in [1.807, 2.05) is 24.5 Å². The fourth-order valence-corrected chi connectivity index (χ4v) is 3.70. The summed E-state index contributed by atoms with van der Waals surface area (Å²) >= 11 is 0. The van der Waals surface area contributed by atoms with Crippen molar-refractivity contribution in [1.82, 2.24) is 20.1 Å². The first kappa shape index (κ1) is 17.7. The van der Waals surface area contributed by atoms with Crippen molar-refractivity contribution in [3.63, 3.8) is 0 Å². The molecule has 6 nitrogen and oxygen atoms in total. The molecule has 27 heavy (non-hydrogen) atoms. The van der Waals surface area contributed by atoms with Crippen LogP contribution in [0.15, 0.2) is 42.9 Å². The van der Waals surface area contributed by atoms with E-state index in [1.165, 1.54) is 0 Å². The number of likely N-dealkylation sites (tertiary alicyclic amines) is 1.